The molecule has 4 aromatic rings. The number of carbonyl (C=O) groups is 2. The van der Waals surface area contributed by atoms with Gasteiger partial charge in [-0.05, 0) is 58.7 Å². The maximum Gasteiger partial charge on any atom is 0.416 e. The molecule has 7 nitrogen and oxygen atoms in total. The average Bonchev–Trinajstić information content (AvgIpc) is 3.33. The van der Waals surface area contributed by atoms with Crippen molar-refractivity contribution in [2.75, 3.05) is 0 Å². The van der Waals surface area contributed by atoms with Crippen molar-refractivity contribution in [3.05, 3.63) is 114 Å². The van der Waals surface area contributed by atoms with E-state index in [1.165, 1.54) is 29.2 Å². The largest absolute Gasteiger partial charge is 0.480 e. The molecule has 0 saturated heterocycles. The summed E-state index contributed by atoms with van der Waals surface area (Å²) in [4.78, 5) is 31.0. The van der Waals surface area contributed by atoms with Crippen molar-refractivity contribution in [2.45, 2.75) is 25.2 Å². The van der Waals surface area contributed by atoms with E-state index in [1.54, 1.807) is 36.4 Å². The summed E-state index contributed by atoms with van der Waals surface area (Å²) in [7, 11) is 1.68. The number of halogens is 3. The Hall–Kier alpha value is -4.73. The molecule has 0 aliphatic heterocycles. The Kier molecular flexibility index (Phi) is 8.24. The van der Waals surface area contributed by atoms with Crippen LogP contribution < -0.4 is 0 Å². The number of hydrogen-bond donors (Lipinski definition) is 1. The fraction of sp³-hybridized carbons (Fsp3) is 0.172. The molecule has 1 unspecified atom stereocenters. The Morgan fingerprint density at radius 1 is 0.949 bits per heavy atom. The molecule has 39 heavy (non-hydrogen) atoms. The normalized spacial score (nSPS) is 12.4. The van der Waals surface area contributed by atoms with Crippen LogP contribution in [0.2, 0.25) is 0 Å². The zero-order valence-corrected chi connectivity index (χ0v) is 20.9. The minimum Gasteiger partial charge on any atom is -0.480 e. The van der Waals surface area contributed by atoms with E-state index >= 15 is 0 Å². The molecule has 1 atom stereocenters. The van der Waals surface area contributed by atoms with Gasteiger partial charge in [-0.15, -0.1) is 0 Å². The summed E-state index contributed by atoms with van der Waals surface area (Å²) >= 11 is 0. The van der Waals surface area contributed by atoms with E-state index in [4.69, 9.17) is 0 Å². The summed E-state index contributed by atoms with van der Waals surface area (Å²) in [5, 5.41) is 14.2. The smallest absolute Gasteiger partial charge is 0.416 e. The molecule has 0 aliphatic carbocycles. The van der Waals surface area contributed by atoms with Gasteiger partial charge >= 0.3 is 12.1 Å². The number of pyridine rings is 1. The minimum absolute atomic E-state index is 0.00162. The number of hydrogen-bond acceptors (Lipinski definition) is 4. The number of rotatable bonds is 9. The molecule has 200 valence electrons. The van der Waals surface area contributed by atoms with Crippen LogP contribution in [0.1, 0.15) is 22.4 Å². The van der Waals surface area contributed by atoms with Crippen LogP contribution in [0.25, 0.3) is 17.2 Å². The van der Waals surface area contributed by atoms with Gasteiger partial charge in [-0.1, -0.05) is 36.4 Å². The van der Waals surface area contributed by atoms with E-state index in [1.807, 2.05) is 36.4 Å². The molecule has 0 saturated carbocycles. The summed E-state index contributed by atoms with van der Waals surface area (Å²) in [6.07, 6.45) is 3.00. The van der Waals surface area contributed by atoms with Crippen LogP contribution in [0.15, 0.2) is 91.4 Å². The van der Waals surface area contributed by atoms with Gasteiger partial charge < -0.3 is 10.0 Å². The van der Waals surface area contributed by atoms with Gasteiger partial charge in [0.1, 0.15) is 6.04 Å². The van der Waals surface area contributed by atoms with Crippen molar-refractivity contribution in [1.29, 1.82) is 0 Å². The van der Waals surface area contributed by atoms with E-state index in [0.29, 0.717) is 16.8 Å². The first-order valence-corrected chi connectivity index (χ1v) is 12.0. The average molecular weight is 535 g/mol. The summed E-state index contributed by atoms with van der Waals surface area (Å²) < 4.78 is 40.2. The molecule has 1 amide bonds. The first-order chi connectivity index (χ1) is 18.6. The van der Waals surface area contributed by atoms with E-state index in [0.717, 1.165) is 23.3 Å². The summed E-state index contributed by atoms with van der Waals surface area (Å²) in [6, 6.07) is 15.9. The number of amides is 1. The quantitative estimate of drug-likeness (QED) is 0.297. The summed E-state index contributed by atoms with van der Waals surface area (Å²) in [6.45, 7) is 0.00162. The van der Waals surface area contributed by atoms with Gasteiger partial charge in [-0.25, -0.2) is 4.79 Å². The maximum absolute atomic E-state index is 13.4. The van der Waals surface area contributed by atoms with Gasteiger partial charge in [0, 0.05) is 50.4 Å². The number of carbonyl (C=O) groups excluding carboxylic acids is 1. The van der Waals surface area contributed by atoms with Gasteiger partial charge in [0.15, 0.2) is 0 Å². The molecule has 0 fully saturated rings. The lowest BCUT2D eigenvalue weighted by molar-refractivity contribution is -0.149. The Morgan fingerprint density at radius 2 is 1.59 bits per heavy atom. The number of nitrogens with zero attached hydrogens (tertiary/aromatic N) is 4. The summed E-state index contributed by atoms with van der Waals surface area (Å²) in [5.41, 5.74) is 2.80. The van der Waals surface area contributed by atoms with Gasteiger partial charge in [0.25, 0.3) is 0 Å². The molecule has 2 heterocycles. The fourth-order valence-electron chi connectivity index (χ4n) is 4.06. The zero-order chi connectivity index (χ0) is 28.0. The van der Waals surface area contributed by atoms with E-state index in [9.17, 15) is 27.9 Å². The summed E-state index contributed by atoms with van der Waals surface area (Å²) in [5.74, 6) is -1.79. The Morgan fingerprint density at radius 3 is 2.15 bits per heavy atom. The van der Waals surface area contributed by atoms with Crippen LogP contribution in [-0.4, -0.2) is 42.7 Å². The number of aliphatic carboxylic acids is 1. The molecule has 0 bridgehead atoms. The number of aryl methyl sites for hydroxylation is 1. The van der Waals surface area contributed by atoms with Crippen molar-refractivity contribution in [2.24, 2.45) is 7.05 Å². The van der Waals surface area contributed by atoms with Gasteiger partial charge in [0.05, 0.1) is 5.56 Å². The molecule has 10 heteroatoms. The van der Waals surface area contributed by atoms with Crippen molar-refractivity contribution in [3.63, 3.8) is 0 Å². The Bertz CT molecular complexity index is 1450. The van der Waals surface area contributed by atoms with Crippen molar-refractivity contribution < 1.29 is 27.9 Å². The van der Waals surface area contributed by atoms with Gasteiger partial charge in [0.2, 0.25) is 5.91 Å². The molecule has 0 aliphatic rings. The maximum atomic E-state index is 13.4. The highest BCUT2D eigenvalue weighted by molar-refractivity contribution is 5.94. The standard InChI is InChI=1S/C29H25F3N4O3/c1-35-25(14-17-34-35)18-26(28(38)39)36(19-21-2-7-22(8-3-21)23-12-15-33-16-13-23)27(37)11-6-20-4-9-24(10-5-20)29(30,31)32/h2-17,26H,18-19H2,1H3,(H,38,39). The van der Waals surface area contributed by atoms with Crippen LogP contribution in [0.4, 0.5) is 13.2 Å². The second kappa shape index (κ2) is 11.8. The molecule has 0 radical (unpaired) electrons. The van der Waals surface area contributed by atoms with Gasteiger partial charge in [-0.3, -0.25) is 14.5 Å². The number of carboxylic acid groups (broad SMARTS) is 1. The first kappa shape index (κ1) is 27.3. The molecule has 2 aromatic carbocycles. The van der Waals surface area contributed by atoms with Crippen LogP contribution >= 0.6 is 0 Å². The molecular weight excluding hydrogens is 509 g/mol. The van der Waals surface area contributed by atoms with Crippen LogP contribution in [0.3, 0.4) is 0 Å². The second-order valence-corrected chi connectivity index (χ2v) is 8.86. The van der Waals surface area contributed by atoms with Gasteiger partial charge in [-0.2, -0.15) is 18.3 Å². The third-order valence-corrected chi connectivity index (χ3v) is 6.25. The first-order valence-electron chi connectivity index (χ1n) is 12.0. The van der Waals surface area contributed by atoms with E-state index < -0.39 is 29.7 Å². The number of benzene rings is 2. The minimum atomic E-state index is -4.47. The molecule has 2 aromatic heterocycles. The monoisotopic (exact) mass is 534 g/mol. The molecule has 1 N–H and O–H groups in total. The highest BCUT2D eigenvalue weighted by Gasteiger charge is 2.31. The van der Waals surface area contributed by atoms with Crippen LogP contribution in [0.5, 0.6) is 0 Å². The topological polar surface area (TPSA) is 88.3 Å². The van der Waals surface area contributed by atoms with Crippen molar-refractivity contribution in [1.82, 2.24) is 19.7 Å². The van der Waals surface area contributed by atoms with Crippen molar-refractivity contribution >= 4 is 18.0 Å². The highest BCUT2D eigenvalue weighted by atomic mass is 19.4. The third-order valence-electron chi connectivity index (χ3n) is 6.25. The number of aromatic nitrogens is 3. The van der Waals surface area contributed by atoms with Crippen molar-refractivity contribution in [3.8, 4) is 11.1 Å². The lowest BCUT2D eigenvalue weighted by atomic mass is 10.0. The molecule has 4 rings (SSSR count). The Labute approximate surface area is 222 Å². The highest BCUT2D eigenvalue weighted by Crippen LogP contribution is 2.29. The molecule has 0 spiro atoms. The molecular formula is C29H25F3N4O3. The van der Waals surface area contributed by atoms with Crippen LogP contribution in [0, 0.1) is 0 Å². The Balaban J connectivity index is 1.61. The van der Waals surface area contributed by atoms with E-state index in [2.05, 4.69) is 10.1 Å². The fourth-order valence-corrected chi connectivity index (χ4v) is 4.06. The zero-order valence-electron chi connectivity index (χ0n) is 20.9. The van der Waals surface area contributed by atoms with E-state index in [-0.39, 0.29) is 13.0 Å². The second-order valence-electron chi connectivity index (χ2n) is 8.86. The predicted octanol–water partition coefficient (Wildman–Crippen LogP) is 5.24. The SMILES string of the molecule is Cn1nccc1CC(C(=O)O)N(Cc1ccc(-c2ccncc2)cc1)C(=O)C=Cc1ccc(C(F)(F)F)cc1. The third kappa shape index (κ3) is 6.98. The van der Waals surface area contributed by atoms with Crippen LogP contribution in [-0.2, 0) is 35.8 Å². The lowest BCUT2D eigenvalue weighted by Gasteiger charge is -2.28. The number of alkyl halides is 3. The predicted molar refractivity (Wildman–Crippen MR) is 139 cm³/mol. The lowest BCUT2D eigenvalue weighted by Crippen LogP contribution is -2.45. The number of carboxylic acids is 1.